The van der Waals surface area contributed by atoms with Crippen molar-refractivity contribution in [2.24, 2.45) is 0 Å². The Morgan fingerprint density at radius 1 is 1.24 bits per heavy atom. The van der Waals surface area contributed by atoms with Gasteiger partial charge < -0.3 is 10.1 Å². The van der Waals surface area contributed by atoms with Crippen molar-refractivity contribution >= 4 is 21.8 Å². The number of nitrogens with one attached hydrogen (secondary N) is 1. The first kappa shape index (κ1) is 16.4. The predicted molar refractivity (Wildman–Crippen MR) is 98.8 cm³/mol. The molecule has 2 saturated heterocycles. The van der Waals surface area contributed by atoms with Crippen LogP contribution < -0.4 is 10.1 Å². The summed E-state index contributed by atoms with van der Waals surface area (Å²) in [6.07, 6.45) is 5.85. The van der Waals surface area contributed by atoms with E-state index in [0.717, 1.165) is 29.9 Å². The molecule has 1 N–H and O–H groups in total. The quantitative estimate of drug-likeness (QED) is 0.866. The summed E-state index contributed by atoms with van der Waals surface area (Å²) < 4.78 is 33.1. The van der Waals surface area contributed by atoms with Crippen molar-refractivity contribution in [3.8, 4) is 5.75 Å². The summed E-state index contributed by atoms with van der Waals surface area (Å²) >= 11 is 1.96. The molecule has 1 saturated carbocycles. The molecule has 1 aliphatic carbocycles. The number of ether oxygens (including phenoxy) is 1. The number of thioether (sulfide) groups is 1. The Balaban J connectivity index is 1.25. The zero-order valence-corrected chi connectivity index (χ0v) is 15.9. The molecule has 5 nitrogen and oxygen atoms in total. The largest absolute Gasteiger partial charge is 0.493 e. The molecule has 0 radical (unpaired) electrons. The number of hydrogen-bond acceptors (Lipinski definition) is 5. The zero-order valence-electron chi connectivity index (χ0n) is 14.2. The second kappa shape index (κ2) is 5.87. The molecule has 1 aromatic rings. The molecule has 1 aromatic carbocycles. The summed E-state index contributed by atoms with van der Waals surface area (Å²) in [5, 5.41) is 3.75. The highest BCUT2D eigenvalue weighted by Gasteiger charge is 2.53. The maximum absolute atomic E-state index is 12.9. The van der Waals surface area contributed by atoms with E-state index < -0.39 is 10.0 Å². The van der Waals surface area contributed by atoms with Gasteiger partial charge in [-0.15, -0.1) is 0 Å². The summed E-state index contributed by atoms with van der Waals surface area (Å²) in [6.45, 7) is 1.95. The number of hydrogen-bond donors (Lipinski definition) is 1. The Hall–Kier alpha value is -0.760. The van der Waals surface area contributed by atoms with Crippen molar-refractivity contribution < 1.29 is 13.2 Å². The van der Waals surface area contributed by atoms with Crippen LogP contribution in [-0.4, -0.2) is 55.0 Å². The van der Waals surface area contributed by atoms with Crippen LogP contribution in [0, 0.1) is 0 Å². The standard InChI is InChI=1S/C18H24N2O3S2/c21-25(22,16-4-5-17-13(8-16)6-7-23-17)20-11-18(12-20)9-15(10-24-18)19-14-2-1-3-14/h4-5,8,14-15,19H,1-3,6-7,9-12H2. The van der Waals surface area contributed by atoms with Crippen molar-refractivity contribution in [1.29, 1.82) is 0 Å². The Morgan fingerprint density at radius 3 is 2.84 bits per heavy atom. The topological polar surface area (TPSA) is 58.6 Å². The van der Waals surface area contributed by atoms with Gasteiger partial charge in [-0.05, 0) is 43.0 Å². The Labute approximate surface area is 153 Å². The van der Waals surface area contributed by atoms with E-state index in [0.29, 0.717) is 36.7 Å². The van der Waals surface area contributed by atoms with Crippen molar-refractivity contribution in [2.75, 3.05) is 25.4 Å². The minimum absolute atomic E-state index is 0.133. The average molecular weight is 381 g/mol. The lowest BCUT2D eigenvalue weighted by atomic mass is 9.90. The molecule has 1 unspecified atom stereocenters. The molecule has 5 rings (SSSR count). The van der Waals surface area contributed by atoms with Crippen LogP contribution in [0.4, 0.5) is 0 Å². The molecule has 0 aromatic heterocycles. The van der Waals surface area contributed by atoms with Crippen LogP contribution in [0.2, 0.25) is 0 Å². The van der Waals surface area contributed by atoms with Crippen LogP contribution in [-0.2, 0) is 16.4 Å². The van der Waals surface area contributed by atoms with Crippen LogP contribution in [0.3, 0.4) is 0 Å². The fourth-order valence-electron chi connectivity index (χ4n) is 4.32. The zero-order chi connectivity index (χ0) is 17.1. The van der Waals surface area contributed by atoms with E-state index in [1.165, 1.54) is 19.3 Å². The van der Waals surface area contributed by atoms with Gasteiger partial charge in [-0.25, -0.2) is 8.42 Å². The number of sulfonamides is 1. The first-order valence-electron chi connectivity index (χ1n) is 9.20. The van der Waals surface area contributed by atoms with E-state index in [2.05, 4.69) is 5.32 Å². The second-order valence-corrected chi connectivity index (χ2v) is 11.3. The van der Waals surface area contributed by atoms with Gasteiger partial charge >= 0.3 is 0 Å². The summed E-state index contributed by atoms with van der Waals surface area (Å²) in [6, 6.07) is 6.54. The van der Waals surface area contributed by atoms with Gasteiger partial charge in [0.05, 0.1) is 11.5 Å². The highest BCUT2D eigenvalue weighted by atomic mass is 32.2. The highest BCUT2D eigenvalue weighted by Crippen LogP contribution is 2.47. The van der Waals surface area contributed by atoms with E-state index >= 15 is 0 Å². The van der Waals surface area contributed by atoms with E-state index in [1.807, 2.05) is 11.8 Å². The van der Waals surface area contributed by atoms with Gasteiger partial charge in [0.1, 0.15) is 5.75 Å². The molecule has 3 aliphatic heterocycles. The maximum atomic E-state index is 12.9. The van der Waals surface area contributed by atoms with E-state index in [1.54, 1.807) is 22.5 Å². The van der Waals surface area contributed by atoms with Crippen LogP contribution in [0.25, 0.3) is 0 Å². The number of benzene rings is 1. The first-order valence-corrected chi connectivity index (χ1v) is 11.6. The monoisotopic (exact) mass is 380 g/mol. The van der Waals surface area contributed by atoms with Crippen LogP contribution in [0.5, 0.6) is 5.75 Å². The van der Waals surface area contributed by atoms with Crippen LogP contribution in [0.15, 0.2) is 23.1 Å². The Morgan fingerprint density at radius 2 is 2.08 bits per heavy atom. The van der Waals surface area contributed by atoms with Gasteiger partial charge in [-0.2, -0.15) is 16.1 Å². The normalized spacial score (nSPS) is 28.4. The first-order chi connectivity index (χ1) is 12.0. The molecule has 3 fully saturated rings. The third kappa shape index (κ3) is 2.80. The molecule has 25 heavy (non-hydrogen) atoms. The Bertz CT molecular complexity index is 786. The molecular weight excluding hydrogens is 356 g/mol. The summed E-state index contributed by atoms with van der Waals surface area (Å²) in [5.74, 6) is 1.94. The fraction of sp³-hybridized carbons (Fsp3) is 0.667. The van der Waals surface area contributed by atoms with Crippen molar-refractivity contribution in [3.05, 3.63) is 23.8 Å². The van der Waals surface area contributed by atoms with Crippen molar-refractivity contribution in [1.82, 2.24) is 9.62 Å². The van der Waals surface area contributed by atoms with E-state index in [4.69, 9.17) is 4.74 Å². The molecule has 0 bridgehead atoms. The summed E-state index contributed by atoms with van der Waals surface area (Å²) in [5.41, 5.74) is 1.01. The van der Waals surface area contributed by atoms with Gasteiger partial charge in [-0.3, -0.25) is 0 Å². The minimum Gasteiger partial charge on any atom is -0.493 e. The second-order valence-electron chi connectivity index (χ2n) is 7.83. The molecule has 0 amide bonds. The number of nitrogens with zero attached hydrogens (tertiary/aromatic N) is 1. The number of rotatable bonds is 4. The smallest absolute Gasteiger partial charge is 0.243 e. The van der Waals surface area contributed by atoms with Gasteiger partial charge in [0.25, 0.3) is 0 Å². The molecular formula is C18H24N2O3S2. The third-order valence-corrected chi connectivity index (χ3v) is 9.41. The molecule has 136 valence electrons. The van der Waals surface area contributed by atoms with E-state index in [-0.39, 0.29) is 4.75 Å². The summed E-state index contributed by atoms with van der Waals surface area (Å²) in [7, 11) is -3.38. The van der Waals surface area contributed by atoms with Gasteiger partial charge in [0.15, 0.2) is 0 Å². The van der Waals surface area contributed by atoms with Gasteiger partial charge in [0.2, 0.25) is 10.0 Å². The molecule has 1 spiro atoms. The van der Waals surface area contributed by atoms with E-state index in [9.17, 15) is 8.42 Å². The predicted octanol–water partition coefficient (Wildman–Crippen LogP) is 2.01. The maximum Gasteiger partial charge on any atom is 0.243 e. The van der Waals surface area contributed by atoms with Crippen LogP contribution >= 0.6 is 11.8 Å². The lowest BCUT2D eigenvalue weighted by molar-refractivity contribution is 0.209. The minimum atomic E-state index is -3.38. The lowest BCUT2D eigenvalue weighted by Gasteiger charge is -2.46. The van der Waals surface area contributed by atoms with Crippen LogP contribution in [0.1, 0.15) is 31.2 Å². The molecule has 4 aliphatic rings. The van der Waals surface area contributed by atoms with Gasteiger partial charge in [0, 0.05) is 42.1 Å². The third-order valence-electron chi connectivity index (χ3n) is 6.01. The fourth-order valence-corrected chi connectivity index (χ4v) is 7.73. The molecule has 7 heteroatoms. The summed E-state index contributed by atoms with van der Waals surface area (Å²) in [4.78, 5) is 0.415. The van der Waals surface area contributed by atoms with Crippen molar-refractivity contribution in [3.63, 3.8) is 0 Å². The average Bonchev–Trinajstić information content (AvgIpc) is 3.15. The molecule has 3 heterocycles. The Kier molecular flexibility index (Phi) is 3.86. The highest BCUT2D eigenvalue weighted by molar-refractivity contribution is 8.01. The molecule has 1 atom stereocenters. The lowest BCUT2D eigenvalue weighted by Crippen LogP contribution is -2.61. The van der Waals surface area contributed by atoms with Gasteiger partial charge in [-0.1, -0.05) is 6.42 Å². The number of fused-ring (bicyclic) bond motifs is 1. The van der Waals surface area contributed by atoms with Crippen molar-refractivity contribution in [2.45, 2.75) is 53.8 Å². The SMILES string of the molecule is O=S(=O)(c1ccc2c(c1)CCO2)N1CC2(CC(NC3CCC3)CS2)C1.